The van der Waals surface area contributed by atoms with E-state index < -0.39 is 0 Å². The van der Waals surface area contributed by atoms with Gasteiger partial charge in [-0.05, 0) is 59.7 Å². The summed E-state index contributed by atoms with van der Waals surface area (Å²) in [4.78, 5) is 15.8. The highest BCUT2D eigenvalue weighted by Crippen LogP contribution is 2.47. The summed E-state index contributed by atoms with van der Waals surface area (Å²) in [7, 11) is 0. The van der Waals surface area contributed by atoms with E-state index in [1.54, 1.807) is 11.3 Å². The Morgan fingerprint density at radius 1 is 0.404 bits per heavy atom. The summed E-state index contributed by atoms with van der Waals surface area (Å²) in [5.41, 5.74) is 12.2. The normalized spacial score (nSPS) is 12.2. The SMILES string of the molecule is c1ccc(-c2nc3cc4c5cc(-c6cccc(-c7nc(-c8cccc9c8sc8ccccc89)nc8ccccc78)c6)ccc5n5c6ccccc6c(c3s2)c45)cc1. The van der Waals surface area contributed by atoms with Crippen LogP contribution in [0.2, 0.25) is 0 Å². The average molecular weight is 761 g/mol. The molecule has 13 rings (SSSR count). The van der Waals surface area contributed by atoms with Crippen molar-refractivity contribution >= 4 is 102 Å². The molecule has 5 aromatic heterocycles. The number of hydrogen-bond donors (Lipinski definition) is 0. The van der Waals surface area contributed by atoms with E-state index in [9.17, 15) is 0 Å². The van der Waals surface area contributed by atoms with Crippen LogP contribution in [0.3, 0.4) is 0 Å². The summed E-state index contributed by atoms with van der Waals surface area (Å²) in [6.07, 6.45) is 0. The topological polar surface area (TPSA) is 43.1 Å². The minimum atomic E-state index is 0.745. The largest absolute Gasteiger partial charge is 0.308 e. The van der Waals surface area contributed by atoms with Crippen molar-refractivity contribution in [3.63, 3.8) is 0 Å². The molecule has 0 spiro atoms. The van der Waals surface area contributed by atoms with Crippen LogP contribution >= 0.6 is 22.7 Å². The Bertz CT molecular complexity index is 3760. The third-order valence-corrected chi connectivity index (χ3v) is 13.9. The van der Waals surface area contributed by atoms with Crippen molar-refractivity contribution in [2.75, 3.05) is 0 Å². The van der Waals surface area contributed by atoms with Gasteiger partial charge in [0, 0.05) is 63.8 Å². The number of benzene rings is 8. The van der Waals surface area contributed by atoms with Crippen LogP contribution in [0.1, 0.15) is 0 Å². The van der Waals surface area contributed by atoms with E-state index in [0.717, 1.165) is 60.8 Å². The number of thiophene rings is 1. The molecule has 0 amide bonds. The lowest BCUT2D eigenvalue weighted by molar-refractivity contribution is 1.24. The van der Waals surface area contributed by atoms with Crippen LogP contribution in [0, 0.1) is 0 Å². The zero-order valence-electron chi connectivity index (χ0n) is 30.3. The van der Waals surface area contributed by atoms with E-state index >= 15 is 0 Å². The molecule has 0 bridgehead atoms. The summed E-state index contributed by atoms with van der Waals surface area (Å²) < 4.78 is 6.19. The molecular weight excluding hydrogens is 733 g/mol. The van der Waals surface area contributed by atoms with Crippen LogP contribution in [0.5, 0.6) is 0 Å². The summed E-state index contributed by atoms with van der Waals surface area (Å²) in [5.74, 6) is 0.745. The second-order valence-corrected chi connectivity index (χ2v) is 16.8. The van der Waals surface area contributed by atoms with Gasteiger partial charge in [0.1, 0.15) is 5.01 Å². The molecule has 0 aliphatic carbocycles. The summed E-state index contributed by atoms with van der Waals surface area (Å²) >= 11 is 3.60. The van der Waals surface area contributed by atoms with Gasteiger partial charge < -0.3 is 4.40 Å². The molecule has 0 saturated carbocycles. The number of rotatable bonds is 4. The predicted molar refractivity (Wildman–Crippen MR) is 242 cm³/mol. The second kappa shape index (κ2) is 11.8. The van der Waals surface area contributed by atoms with Crippen molar-refractivity contribution in [2.45, 2.75) is 0 Å². The molecular formula is C51H28N4S2. The van der Waals surface area contributed by atoms with Crippen molar-refractivity contribution in [3.8, 4) is 44.3 Å². The van der Waals surface area contributed by atoms with Gasteiger partial charge in [0.2, 0.25) is 0 Å². The zero-order chi connectivity index (χ0) is 37.2. The molecule has 13 aromatic rings. The molecule has 57 heavy (non-hydrogen) atoms. The van der Waals surface area contributed by atoms with Crippen LogP contribution < -0.4 is 0 Å². The lowest BCUT2D eigenvalue weighted by Gasteiger charge is -2.11. The van der Waals surface area contributed by atoms with Crippen LogP contribution in [-0.4, -0.2) is 19.4 Å². The Balaban J connectivity index is 0.999. The smallest absolute Gasteiger partial charge is 0.161 e. The quantitative estimate of drug-likeness (QED) is 0.179. The molecule has 4 nitrogen and oxygen atoms in total. The number of para-hydroxylation sites is 2. The van der Waals surface area contributed by atoms with Gasteiger partial charge in [0.15, 0.2) is 5.82 Å². The standard InChI is InChI=1S/C51H28N4S2/c1-2-12-29(13-3-1)51-53-41-28-39-38-27-31(24-25-43(38)55-42-22-8-5-18-36(42)45(47(39)55)49(41)57-51)30-14-10-15-32(26-30)46-35-17-4-7-21-40(35)52-50(54-46)37-20-11-19-34-33-16-6-9-23-44(33)56-48(34)37/h1-28H. The van der Waals surface area contributed by atoms with Gasteiger partial charge in [0.25, 0.3) is 0 Å². The number of aromatic nitrogens is 4. The van der Waals surface area contributed by atoms with Crippen molar-refractivity contribution in [1.29, 1.82) is 0 Å². The zero-order valence-corrected chi connectivity index (χ0v) is 31.9. The Morgan fingerprint density at radius 3 is 2.05 bits per heavy atom. The third-order valence-electron chi connectivity index (χ3n) is 11.6. The number of fused-ring (bicyclic) bond motifs is 12. The van der Waals surface area contributed by atoms with Gasteiger partial charge in [-0.15, -0.1) is 22.7 Å². The molecule has 0 unspecified atom stereocenters. The van der Waals surface area contributed by atoms with Gasteiger partial charge >= 0.3 is 0 Å². The minimum absolute atomic E-state index is 0.745. The number of nitrogens with zero attached hydrogens (tertiary/aromatic N) is 4. The van der Waals surface area contributed by atoms with E-state index in [1.807, 2.05) is 11.3 Å². The number of hydrogen-bond acceptors (Lipinski definition) is 5. The molecule has 0 atom stereocenters. The van der Waals surface area contributed by atoms with Crippen molar-refractivity contribution in [1.82, 2.24) is 19.4 Å². The summed E-state index contributed by atoms with van der Waals surface area (Å²) in [5, 5.41) is 9.61. The van der Waals surface area contributed by atoms with Gasteiger partial charge in [-0.1, -0.05) is 121 Å². The first-order valence-corrected chi connectivity index (χ1v) is 20.7. The van der Waals surface area contributed by atoms with Crippen molar-refractivity contribution in [2.24, 2.45) is 0 Å². The molecule has 0 saturated heterocycles. The Kier molecular flexibility index (Phi) is 6.45. The molecule has 0 aliphatic rings. The molecule has 264 valence electrons. The number of thiazole rings is 1. The molecule has 0 N–H and O–H groups in total. The third kappa shape index (κ3) is 4.51. The highest BCUT2D eigenvalue weighted by Gasteiger charge is 2.23. The van der Waals surface area contributed by atoms with Crippen LogP contribution in [0.15, 0.2) is 170 Å². The van der Waals surface area contributed by atoms with Gasteiger partial charge in [-0.25, -0.2) is 15.0 Å². The van der Waals surface area contributed by atoms with Gasteiger partial charge in [-0.3, -0.25) is 0 Å². The van der Waals surface area contributed by atoms with E-state index in [0.29, 0.717) is 0 Å². The molecule has 0 radical (unpaired) electrons. The van der Waals surface area contributed by atoms with Gasteiger partial charge in [-0.2, -0.15) is 0 Å². The molecule has 0 aliphatic heterocycles. The first kappa shape index (κ1) is 31.2. The van der Waals surface area contributed by atoms with Crippen molar-refractivity contribution in [3.05, 3.63) is 170 Å². The Hall–Kier alpha value is -6.99. The first-order chi connectivity index (χ1) is 28.2. The fourth-order valence-electron chi connectivity index (χ4n) is 9.01. The van der Waals surface area contributed by atoms with Crippen LogP contribution in [0.4, 0.5) is 0 Å². The molecule has 0 fully saturated rings. The lowest BCUT2D eigenvalue weighted by Crippen LogP contribution is -1.95. The predicted octanol–water partition coefficient (Wildman–Crippen LogP) is 14.4. The fraction of sp³-hybridized carbons (Fsp3) is 0. The van der Waals surface area contributed by atoms with E-state index in [-0.39, 0.29) is 0 Å². The fourth-order valence-corrected chi connectivity index (χ4v) is 11.3. The second-order valence-electron chi connectivity index (χ2n) is 14.7. The summed E-state index contributed by atoms with van der Waals surface area (Å²) in [6, 6.07) is 60.9. The minimum Gasteiger partial charge on any atom is -0.308 e. The lowest BCUT2D eigenvalue weighted by atomic mass is 9.98. The molecule has 5 heterocycles. The van der Waals surface area contributed by atoms with Gasteiger partial charge in [0.05, 0.1) is 38.0 Å². The highest BCUT2D eigenvalue weighted by atomic mass is 32.1. The highest BCUT2D eigenvalue weighted by molar-refractivity contribution is 7.26. The van der Waals surface area contributed by atoms with E-state index in [4.69, 9.17) is 15.0 Å². The van der Waals surface area contributed by atoms with Crippen LogP contribution in [0.25, 0.3) is 124 Å². The maximum Gasteiger partial charge on any atom is 0.161 e. The monoisotopic (exact) mass is 760 g/mol. The Labute approximate surface area is 333 Å². The van der Waals surface area contributed by atoms with E-state index in [2.05, 4.69) is 174 Å². The van der Waals surface area contributed by atoms with E-state index in [1.165, 1.54) is 63.0 Å². The molecule has 6 heteroatoms. The average Bonchev–Trinajstić information content (AvgIpc) is 4.04. The van der Waals surface area contributed by atoms with Crippen molar-refractivity contribution < 1.29 is 0 Å². The van der Waals surface area contributed by atoms with Crippen LogP contribution in [-0.2, 0) is 0 Å². The maximum atomic E-state index is 5.37. The maximum absolute atomic E-state index is 5.37. The summed E-state index contributed by atoms with van der Waals surface area (Å²) in [6.45, 7) is 0. The Morgan fingerprint density at radius 2 is 1.12 bits per heavy atom. The first-order valence-electron chi connectivity index (χ1n) is 19.1. The molecule has 8 aromatic carbocycles.